The van der Waals surface area contributed by atoms with Crippen molar-refractivity contribution in [3.05, 3.63) is 122 Å². The van der Waals surface area contributed by atoms with Crippen LogP contribution in [0.1, 0.15) is 43.9 Å². The third kappa shape index (κ3) is 4.58. The van der Waals surface area contributed by atoms with E-state index >= 15 is 0 Å². The summed E-state index contributed by atoms with van der Waals surface area (Å²) >= 11 is 0. The normalized spacial score (nSPS) is 10.9. The van der Waals surface area contributed by atoms with Gasteiger partial charge < -0.3 is 9.88 Å². The van der Waals surface area contributed by atoms with E-state index in [0.29, 0.717) is 17.9 Å². The molecule has 0 radical (unpaired) electrons. The lowest BCUT2D eigenvalue weighted by atomic mass is 9.98. The van der Waals surface area contributed by atoms with Crippen LogP contribution in [0, 0.1) is 34.6 Å². The molecule has 0 fully saturated rings. The summed E-state index contributed by atoms with van der Waals surface area (Å²) in [6.45, 7) is 10.5. The maximum atomic E-state index is 13.6. The standard InChI is InChI=1S/C30H30N2O2/c1-19-13-15-24(16-14-19)18-32-22(4)17-27(33)28(29(32)25-11-7-6-9-21(25)3)30(34)31-26-12-8-10-20(2)23(26)5/h6-17H,18H2,1-5H3,(H,31,34). The Bertz CT molecular complexity index is 1430. The number of aromatic nitrogens is 1. The first kappa shape index (κ1) is 23.2. The third-order valence-electron chi connectivity index (χ3n) is 6.46. The minimum absolute atomic E-state index is 0.160. The molecule has 0 spiro atoms. The molecule has 1 aromatic heterocycles. The van der Waals surface area contributed by atoms with E-state index in [2.05, 4.69) is 41.1 Å². The predicted molar refractivity (Wildman–Crippen MR) is 140 cm³/mol. The van der Waals surface area contributed by atoms with Crippen molar-refractivity contribution >= 4 is 11.6 Å². The second-order valence-corrected chi connectivity index (χ2v) is 8.96. The van der Waals surface area contributed by atoms with Crippen molar-refractivity contribution in [1.29, 1.82) is 0 Å². The van der Waals surface area contributed by atoms with Crippen molar-refractivity contribution in [1.82, 2.24) is 4.57 Å². The lowest BCUT2D eigenvalue weighted by Crippen LogP contribution is -2.27. The van der Waals surface area contributed by atoms with E-state index in [4.69, 9.17) is 0 Å². The molecular weight excluding hydrogens is 420 g/mol. The quantitative estimate of drug-likeness (QED) is 0.385. The first-order chi connectivity index (χ1) is 16.3. The number of hydrogen-bond acceptors (Lipinski definition) is 2. The summed E-state index contributed by atoms with van der Waals surface area (Å²) in [6, 6.07) is 23.6. The van der Waals surface area contributed by atoms with E-state index in [9.17, 15) is 9.59 Å². The van der Waals surface area contributed by atoms with Crippen LogP contribution < -0.4 is 10.7 Å². The van der Waals surface area contributed by atoms with Crippen LogP contribution in [0.2, 0.25) is 0 Å². The molecule has 1 amide bonds. The molecular formula is C30H30N2O2. The minimum atomic E-state index is -0.394. The van der Waals surface area contributed by atoms with Crippen molar-refractivity contribution < 1.29 is 4.79 Å². The van der Waals surface area contributed by atoms with Gasteiger partial charge in [0.2, 0.25) is 0 Å². The zero-order valence-electron chi connectivity index (χ0n) is 20.4. The Morgan fingerprint density at radius 2 is 1.50 bits per heavy atom. The third-order valence-corrected chi connectivity index (χ3v) is 6.46. The lowest BCUT2D eigenvalue weighted by molar-refractivity contribution is 0.102. The average Bonchev–Trinajstić information content (AvgIpc) is 2.80. The number of amides is 1. The number of rotatable bonds is 5. The van der Waals surface area contributed by atoms with Crippen molar-refractivity contribution in [2.75, 3.05) is 5.32 Å². The number of anilines is 1. The van der Waals surface area contributed by atoms with Gasteiger partial charge in [-0.3, -0.25) is 9.59 Å². The molecule has 0 aliphatic heterocycles. The van der Waals surface area contributed by atoms with Crippen LogP contribution in [0.3, 0.4) is 0 Å². The molecule has 1 heterocycles. The largest absolute Gasteiger partial charge is 0.340 e. The fraction of sp³-hybridized carbons (Fsp3) is 0.200. The van der Waals surface area contributed by atoms with E-state index in [1.54, 1.807) is 6.07 Å². The van der Waals surface area contributed by atoms with Crippen LogP contribution >= 0.6 is 0 Å². The molecule has 3 aromatic carbocycles. The highest BCUT2D eigenvalue weighted by Gasteiger charge is 2.23. The van der Waals surface area contributed by atoms with Gasteiger partial charge in [-0.15, -0.1) is 0 Å². The summed E-state index contributed by atoms with van der Waals surface area (Å²) < 4.78 is 2.08. The van der Waals surface area contributed by atoms with E-state index < -0.39 is 5.91 Å². The Hall–Kier alpha value is -3.92. The van der Waals surface area contributed by atoms with Gasteiger partial charge in [0.15, 0.2) is 5.43 Å². The second kappa shape index (κ2) is 9.52. The molecule has 0 aliphatic rings. The van der Waals surface area contributed by atoms with Gasteiger partial charge in [-0.05, 0) is 62.9 Å². The number of hydrogen-bond donors (Lipinski definition) is 1. The Labute approximate surface area is 200 Å². The van der Waals surface area contributed by atoms with E-state index in [1.807, 2.05) is 70.2 Å². The van der Waals surface area contributed by atoms with Gasteiger partial charge >= 0.3 is 0 Å². The number of pyridine rings is 1. The molecule has 4 aromatic rings. The zero-order chi connectivity index (χ0) is 24.4. The number of aryl methyl sites for hydroxylation is 4. The fourth-order valence-electron chi connectivity index (χ4n) is 4.26. The van der Waals surface area contributed by atoms with Crippen LogP contribution in [-0.4, -0.2) is 10.5 Å². The minimum Gasteiger partial charge on any atom is -0.340 e. The molecule has 34 heavy (non-hydrogen) atoms. The smallest absolute Gasteiger partial charge is 0.261 e. The predicted octanol–water partition coefficient (Wildman–Crippen LogP) is 6.36. The summed E-state index contributed by atoms with van der Waals surface area (Å²) in [4.78, 5) is 26.9. The van der Waals surface area contributed by atoms with Gasteiger partial charge in [0.1, 0.15) is 5.56 Å². The SMILES string of the molecule is Cc1ccc(Cn2c(C)cc(=O)c(C(=O)Nc3cccc(C)c3C)c2-c2ccccc2C)cc1. The van der Waals surface area contributed by atoms with Crippen molar-refractivity contribution in [2.24, 2.45) is 0 Å². The molecule has 4 heteroatoms. The molecule has 0 saturated carbocycles. The highest BCUT2D eigenvalue weighted by atomic mass is 16.2. The molecule has 0 unspecified atom stereocenters. The van der Waals surface area contributed by atoms with Gasteiger partial charge in [0.25, 0.3) is 5.91 Å². The van der Waals surface area contributed by atoms with Crippen LogP contribution in [-0.2, 0) is 6.54 Å². The van der Waals surface area contributed by atoms with Gasteiger partial charge in [-0.25, -0.2) is 0 Å². The monoisotopic (exact) mass is 450 g/mol. The van der Waals surface area contributed by atoms with Crippen LogP contribution in [0.25, 0.3) is 11.3 Å². The topological polar surface area (TPSA) is 51.1 Å². The highest BCUT2D eigenvalue weighted by molar-refractivity contribution is 6.08. The van der Waals surface area contributed by atoms with Gasteiger partial charge in [-0.1, -0.05) is 66.2 Å². The molecule has 0 bridgehead atoms. The van der Waals surface area contributed by atoms with E-state index in [-0.39, 0.29) is 11.0 Å². The molecule has 4 rings (SSSR count). The summed E-state index contributed by atoms with van der Waals surface area (Å²) in [6.07, 6.45) is 0. The zero-order valence-corrected chi connectivity index (χ0v) is 20.4. The van der Waals surface area contributed by atoms with Crippen molar-refractivity contribution in [3.8, 4) is 11.3 Å². The van der Waals surface area contributed by atoms with Gasteiger partial charge in [0.05, 0.1) is 5.69 Å². The molecule has 0 saturated heterocycles. The van der Waals surface area contributed by atoms with Gasteiger partial charge in [-0.2, -0.15) is 0 Å². The maximum absolute atomic E-state index is 13.6. The number of benzene rings is 3. The average molecular weight is 451 g/mol. The van der Waals surface area contributed by atoms with Gasteiger partial charge in [0, 0.05) is 29.6 Å². The van der Waals surface area contributed by atoms with Crippen LogP contribution in [0.4, 0.5) is 5.69 Å². The first-order valence-electron chi connectivity index (χ1n) is 11.5. The Morgan fingerprint density at radius 3 is 2.21 bits per heavy atom. The number of nitrogens with one attached hydrogen (secondary N) is 1. The van der Waals surface area contributed by atoms with E-state index in [1.165, 1.54) is 5.56 Å². The second-order valence-electron chi connectivity index (χ2n) is 8.96. The lowest BCUT2D eigenvalue weighted by Gasteiger charge is -2.22. The van der Waals surface area contributed by atoms with Crippen LogP contribution in [0.5, 0.6) is 0 Å². The summed E-state index contributed by atoms with van der Waals surface area (Å²) in [5.74, 6) is -0.394. The Balaban J connectivity index is 1.92. The summed E-state index contributed by atoms with van der Waals surface area (Å²) in [5.41, 5.74) is 8.29. The molecule has 4 nitrogen and oxygen atoms in total. The molecule has 1 N–H and O–H groups in total. The molecule has 0 aliphatic carbocycles. The number of carbonyl (C=O) groups excluding carboxylic acids is 1. The summed E-state index contributed by atoms with van der Waals surface area (Å²) in [7, 11) is 0. The van der Waals surface area contributed by atoms with E-state index in [0.717, 1.165) is 33.5 Å². The molecule has 0 atom stereocenters. The maximum Gasteiger partial charge on any atom is 0.261 e. The molecule has 172 valence electrons. The first-order valence-corrected chi connectivity index (χ1v) is 11.5. The highest BCUT2D eigenvalue weighted by Crippen LogP contribution is 2.29. The fourth-order valence-corrected chi connectivity index (χ4v) is 4.26. The van der Waals surface area contributed by atoms with Crippen molar-refractivity contribution in [3.63, 3.8) is 0 Å². The number of nitrogens with zero attached hydrogens (tertiary/aromatic N) is 1. The Kier molecular flexibility index (Phi) is 6.51. The summed E-state index contributed by atoms with van der Waals surface area (Å²) in [5, 5.41) is 3.00. The van der Waals surface area contributed by atoms with Crippen molar-refractivity contribution in [2.45, 2.75) is 41.2 Å². The van der Waals surface area contributed by atoms with Crippen LogP contribution in [0.15, 0.2) is 77.6 Å². The Morgan fingerprint density at radius 1 is 0.824 bits per heavy atom. The number of carbonyl (C=O) groups is 1.